The van der Waals surface area contributed by atoms with E-state index >= 15 is 0 Å². The summed E-state index contributed by atoms with van der Waals surface area (Å²) >= 11 is 1.55. The second-order valence-electron chi connectivity index (χ2n) is 4.49. The van der Waals surface area contributed by atoms with E-state index in [4.69, 9.17) is 5.73 Å². The number of aromatic nitrogens is 1. The largest absolute Gasteiger partial charge is 0.330 e. The van der Waals surface area contributed by atoms with Gasteiger partial charge in [-0.2, -0.15) is 4.37 Å². The lowest BCUT2D eigenvalue weighted by Gasteiger charge is -2.05. The summed E-state index contributed by atoms with van der Waals surface area (Å²) in [6, 6.07) is 10.8. The van der Waals surface area contributed by atoms with Crippen molar-refractivity contribution < 1.29 is 0 Å². The van der Waals surface area contributed by atoms with Crippen molar-refractivity contribution in [2.24, 2.45) is 5.73 Å². The predicted molar refractivity (Wildman–Crippen MR) is 74.4 cm³/mol. The highest BCUT2D eigenvalue weighted by Gasteiger charge is 2.05. The van der Waals surface area contributed by atoms with Gasteiger partial charge in [-0.3, -0.25) is 0 Å². The van der Waals surface area contributed by atoms with Crippen LogP contribution in [-0.4, -0.2) is 10.9 Å². The van der Waals surface area contributed by atoms with Gasteiger partial charge in [0.2, 0.25) is 0 Å². The molecule has 0 aliphatic heterocycles. The standard InChI is InChI=1S/C14H18N2S/c1-10(2)11-3-5-12(6-4-11)14-9-13(7-8-15)17-16-14/h3-6,9-10H,7-8,15H2,1-2H3. The molecule has 2 aromatic rings. The van der Waals surface area contributed by atoms with E-state index in [1.165, 1.54) is 16.0 Å². The van der Waals surface area contributed by atoms with Gasteiger partial charge in [0.1, 0.15) is 0 Å². The Hall–Kier alpha value is -1.19. The molecule has 0 amide bonds. The molecular weight excluding hydrogens is 228 g/mol. The van der Waals surface area contributed by atoms with E-state index in [1.807, 2.05) is 0 Å². The van der Waals surface area contributed by atoms with Crippen molar-refractivity contribution in [2.75, 3.05) is 6.54 Å². The molecule has 1 heterocycles. The Balaban J connectivity index is 2.21. The number of rotatable bonds is 4. The minimum absolute atomic E-state index is 0.576. The van der Waals surface area contributed by atoms with Gasteiger partial charge in [0.25, 0.3) is 0 Å². The van der Waals surface area contributed by atoms with Crippen LogP contribution in [0.25, 0.3) is 11.3 Å². The average Bonchev–Trinajstić information content (AvgIpc) is 2.78. The highest BCUT2D eigenvalue weighted by atomic mass is 32.1. The molecular formula is C14H18N2S. The molecule has 2 nitrogen and oxygen atoms in total. The van der Waals surface area contributed by atoms with E-state index in [2.05, 4.69) is 48.6 Å². The summed E-state index contributed by atoms with van der Waals surface area (Å²) in [7, 11) is 0. The number of hydrogen-bond donors (Lipinski definition) is 1. The van der Waals surface area contributed by atoms with Gasteiger partial charge in [0, 0.05) is 10.4 Å². The molecule has 0 spiro atoms. The zero-order valence-corrected chi connectivity index (χ0v) is 11.1. The highest BCUT2D eigenvalue weighted by Crippen LogP contribution is 2.24. The summed E-state index contributed by atoms with van der Waals surface area (Å²) in [6.07, 6.45) is 0.918. The fourth-order valence-electron chi connectivity index (χ4n) is 1.75. The SMILES string of the molecule is CC(C)c1ccc(-c2cc(CCN)sn2)cc1. The van der Waals surface area contributed by atoms with E-state index in [0.29, 0.717) is 12.5 Å². The van der Waals surface area contributed by atoms with Crippen molar-refractivity contribution in [3.05, 3.63) is 40.8 Å². The van der Waals surface area contributed by atoms with Crippen LogP contribution in [0, 0.1) is 0 Å². The average molecular weight is 246 g/mol. The Morgan fingerprint density at radius 3 is 2.53 bits per heavy atom. The summed E-state index contributed by atoms with van der Waals surface area (Å²) < 4.78 is 4.47. The maximum Gasteiger partial charge on any atom is 0.0843 e. The van der Waals surface area contributed by atoms with Crippen LogP contribution in [0.2, 0.25) is 0 Å². The summed E-state index contributed by atoms with van der Waals surface area (Å²) in [4.78, 5) is 1.26. The van der Waals surface area contributed by atoms with E-state index < -0.39 is 0 Å². The van der Waals surface area contributed by atoms with Crippen molar-refractivity contribution in [2.45, 2.75) is 26.2 Å². The molecule has 0 aliphatic carbocycles. The molecule has 0 saturated carbocycles. The molecule has 17 heavy (non-hydrogen) atoms. The molecule has 0 fully saturated rings. The van der Waals surface area contributed by atoms with Crippen LogP contribution < -0.4 is 5.73 Å². The Morgan fingerprint density at radius 1 is 1.24 bits per heavy atom. The molecule has 0 bridgehead atoms. The van der Waals surface area contributed by atoms with Crippen molar-refractivity contribution in [1.82, 2.24) is 4.37 Å². The van der Waals surface area contributed by atoms with E-state index in [9.17, 15) is 0 Å². The van der Waals surface area contributed by atoms with Crippen molar-refractivity contribution in [3.63, 3.8) is 0 Å². The smallest absolute Gasteiger partial charge is 0.0843 e. The molecule has 0 unspecified atom stereocenters. The third-order valence-corrected chi connectivity index (χ3v) is 3.67. The summed E-state index contributed by atoms with van der Waals surface area (Å²) in [5.74, 6) is 0.576. The fourth-order valence-corrected chi connectivity index (χ4v) is 2.50. The van der Waals surface area contributed by atoms with E-state index in [1.54, 1.807) is 11.5 Å². The molecule has 1 aromatic carbocycles. The van der Waals surface area contributed by atoms with Crippen LogP contribution in [0.4, 0.5) is 0 Å². The van der Waals surface area contributed by atoms with Crippen LogP contribution in [0.1, 0.15) is 30.2 Å². The first kappa shape index (κ1) is 12.3. The molecule has 0 radical (unpaired) electrons. The lowest BCUT2D eigenvalue weighted by Crippen LogP contribution is -2.00. The van der Waals surface area contributed by atoms with Crippen molar-refractivity contribution in [1.29, 1.82) is 0 Å². The maximum atomic E-state index is 5.54. The Kier molecular flexibility index (Phi) is 3.92. The molecule has 1 aromatic heterocycles. The van der Waals surface area contributed by atoms with Gasteiger partial charge in [-0.15, -0.1) is 0 Å². The first-order chi connectivity index (χ1) is 8.20. The van der Waals surface area contributed by atoms with Crippen LogP contribution in [0.3, 0.4) is 0 Å². The monoisotopic (exact) mass is 246 g/mol. The lowest BCUT2D eigenvalue weighted by molar-refractivity contribution is 0.867. The minimum atomic E-state index is 0.576. The molecule has 3 heteroatoms. The third-order valence-electron chi connectivity index (χ3n) is 2.82. The zero-order valence-electron chi connectivity index (χ0n) is 10.3. The predicted octanol–water partition coefficient (Wildman–Crippen LogP) is 3.43. The Morgan fingerprint density at radius 2 is 1.94 bits per heavy atom. The van der Waals surface area contributed by atoms with Crippen LogP contribution >= 0.6 is 11.5 Å². The number of nitrogens with zero attached hydrogens (tertiary/aromatic N) is 1. The summed E-state index contributed by atoms with van der Waals surface area (Å²) in [5.41, 5.74) is 9.16. The molecule has 2 rings (SSSR count). The normalized spacial score (nSPS) is 11.1. The first-order valence-electron chi connectivity index (χ1n) is 5.96. The fraction of sp³-hybridized carbons (Fsp3) is 0.357. The van der Waals surface area contributed by atoms with Gasteiger partial charge in [-0.25, -0.2) is 0 Å². The highest BCUT2D eigenvalue weighted by molar-refractivity contribution is 7.06. The van der Waals surface area contributed by atoms with Gasteiger partial charge < -0.3 is 5.73 Å². The van der Waals surface area contributed by atoms with Crippen LogP contribution in [0.5, 0.6) is 0 Å². The zero-order chi connectivity index (χ0) is 12.3. The molecule has 2 N–H and O–H groups in total. The third kappa shape index (κ3) is 2.93. The topological polar surface area (TPSA) is 38.9 Å². The van der Waals surface area contributed by atoms with Gasteiger partial charge >= 0.3 is 0 Å². The second-order valence-corrected chi connectivity index (χ2v) is 5.38. The summed E-state index contributed by atoms with van der Waals surface area (Å²) in [6.45, 7) is 5.10. The first-order valence-corrected chi connectivity index (χ1v) is 6.74. The van der Waals surface area contributed by atoms with Crippen LogP contribution in [-0.2, 0) is 6.42 Å². The van der Waals surface area contributed by atoms with Crippen LogP contribution in [0.15, 0.2) is 30.3 Å². The Labute approximate surface area is 107 Å². The van der Waals surface area contributed by atoms with Gasteiger partial charge in [-0.05, 0) is 42.0 Å². The van der Waals surface area contributed by atoms with Gasteiger partial charge in [0.05, 0.1) is 5.69 Å². The minimum Gasteiger partial charge on any atom is -0.330 e. The molecule has 0 atom stereocenters. The molecule has 0 aliphatic rings. The lowest BCUT2D eigenvalue weighted by atomic mass is 10.0. The van der Waals surface area contributed by atoms with Gasteiger partial charge in [-0.1, -0.05) is 38.1 Å². The van der Waals surface area contributed by atoms with Gasteiger partial charge in [0.15, 0.2) is 0 Å². The van der Waals surface area contributed by atoms with E-state index in [0.717, 1.165) is 12.1 Å². The van der Waals surface area contributed by atoms with Crippen molar-refractivity contribution in [3.8, 4) is 11.3 Å². The maximum absolute atomic E-state index is 5.54. The number of nitrogens with two attached hydrogens (primary N) is 1. The number of hydrogen-bond acceptors (Lipinski definition) is 3. The molecule has 0 saturated heterocycles. The second kappa shape index (κ2) is 5.43. The number of benzene rings is 1. The quantitative estimate of drug-likeness (QED) is 0.897. The Bertz CT molecular complexity index is 471. The molecule has 90 valence electrons. The van der Waals surface area contributed by atoms with Crippen molar-refractivity contribution >= 4 is 11.5 Å². The summed E-state index contributed by atoms with van der Waals surface area (Å²) in [5, 5.41) is 0. The van der Waals surface area contributed by atoms with E-state index in [-0.39, 0.29) is 0 Å².